The summed E-state index contributed by atoms with van der Waals surface area (Å²) in [7, 11) is 2.98. The zero-order chi connectivity index (χ0) is 25.4. The van der Waals surface area contributed by atoms with Crippen molar-refractivity contribution in [3.63, 3.8) is 0 Å². The molecule has 13 heteroatoms. The lowest BCUT2D eigenvalue weighted by Gasteiger charge is -2.10. The molecule has 186 valence electrons. The fraction of sp³-hybridized carbons (Fsp3) is 0.273. The van der Waals surface area contributed by atoms with Crippen molar-refractivity contribution in [2.24, 2.45) is 0 Å². The smallest absolute Gasteiger partial charge is 0.416 e. The molecule has 10 nitrogen and oxygen atoms in total. The molecule has 0 radical (unpaired) electrons. The number of nitrogens with one attached hydrogen (secondary N) is 2. The van der Waals surface area contributed by atoms with E-state index in [4.69, 9.17) is 18.7 Å². The molecule has 2 aromatic carbocycles. The minimum atomic E-state index is -4.51. The van der Waals surface area contributed by atoms with Crippen LogP contribution in [-0.4, -0.2) is 55.9 Å². The number of rotatable bonds is 10. The molecule has 0 aliphatic rings. The average Bonchev–Trinajstić information content (AvgIpc) is 3.35. The molecule has 1 heterocycles. The van der Waals surface area contributed by atoms with Crippen LogP contribution in [0.4, 0.5) is 13.2 Å². The van der Waals surface area contributed by atoms with Crippen molar-refractivity contribution in [3.05, 3.63) is 53.9 Å². The van der Waals surface area contributed by atoms with Gasteiger partial charge in [0.1, 0.15) is 5.75 Å². The monoisotopic (exact) mass is 494 g/mol. The minimum absolute atomic E-state index is 0.0300. The maximum Gasteiger partial charge on any atom is 0.416 e. The highest BCUT2D eigenvalue weighted by molar-refractivity contribution is 5.90. The average molecular weight is 494 g/mol. The van der Waals surface area contributed by atoms with Crippen molar-refractivity contribution in [2.45, 2.75) is 6.18 Å². The second-order valence-electron chi connectivity index (χ2n) is 6.91. The van der Waals surface area contributed by atoms with E-state index in [0.717, 1.165) is 12.1 Å². The van der Waals surface area contributed by atoms with Gasteiger partial charge in [0.05, 0.1) is 19.8 Å². The minimum Gasteiger partial charge on any atom is -0.493 e. The maximum absolute atomic E-state index is 12.7. The number of carbonyl (C=O) groups is 2. The molecule has 2 amide bonds. The molecule has 0 aliphatic heterocycles. The Balaban J connectivity index is 1.43. The standard InChI is InChI=1S/C22H21F3N4O6/c1-32-16-7-6-13(10-17(16)33-2)19-28-21(35-29-19)20(31)27-9-8-26-18(30)12-34-15-5-3-4-14(11-15)22(23,24)25/h3-7,10-11H,8-9,12H2,1-2H3,(H,26,30)(H,27,31). The molecule has 0 unspecified atom stereocenters. The zero-order valence-electron chi connectivity index (χ0n) is 18.6. The third-order valence-electron chi connectivity index (χ3n) is 4.53. The molecule has 0 saturated carbocycles. The summed E-state index contributed by atoms with van der Waals surface area (Å²) in [6.45, 7) is -0.428. The largest absolute Gasteiger partial charge is 0.493 e. The maximum atomic E-state index is 12.7. The van der Waals surface area contributed by atoms with Gasteiger partial charge >= 0.3 is 18.0 Å². The molecule has 0 bridgehead atoms. The third-order valence-corrected chi connectivity index (χ3v) is 4.53. The Morgan fingerprint density at radius 3 is 2.46 bits per heavy atom. The topological polar surface area (TPSA) is 125 Å². The van der Waals surface area contributed by atoms with E-state index < -0.39 is 30.2 Å². The fourth-order valence-corrected chi connectivity index (χ4v) is 2.82. The van der Waals surface area contributed by atoms with Crippen molar-refractivity contribution in [1.82, 2.24) is 20.8 Å². The van der Waals surface area contributed by atoms with Crippen LogP contribution in [0.3, 0.4) is 0 Å². The van der Waals surface area contributed by atoms with Crippen molar-refractivity contribution in [3.8, 4) is 28.6 Å². The Kier molecular flexibility index (Phi) is 8.12. The van der Waals surface area contributed by atoms with Crippen LogP contribution in [0, 0.1) is 0 Å². The number of nitrogens with zero attached hydrogens (tertiary/aromatic N) is 2. The van der Waals surface area contributed by atoms with E-state index in [1.165, 1.54) is 26.4 Å². The highest BCUT2D eigenvalue weighted by Crippen LogP contribution is 2.32. The van der Waals surface area contributed by atoms with E-state index in [-0.39, 0.29) is 30.6 Å². The molecule has 3 aromatic rings. The molecular formula is C22H21F3N4O6. The van der Waals surface area contributed by atoms with Gasteiger partial charge in [-0.15, -0.1) is 0 Å². The summed E-state index contributed by atoms with van der Waals surface area (Å²) < 4.78 is 58.6. The number of halogens is 3. The second-order valence-corrected chi connectivity index (χ2v) is 6.91. The van der Waals surface area contributed by atoms with Gasteiger partial charge in [-0.05, 0) is 36.4 Å². The number of alkyl halides is 3. The molecule has 0 atom stereocenters. The predicted octanol–water partition coefficient (Wildman–Crippen LogP) is 2.70. The van der Waals surface area contributed by atoms with E-state index in [0.29, 0.717) is 17.1 Å². The number of methoxy groups -OCH3 is 2. The second kappa shape index (κ2) is 11.2. The normalized spacial score (nSPS) is 11.0. The number of ether oxygens (including phenoxy) is 3. The number of hydrogen-bond donors (Lipinski definition) is 2. The molecule has 2 N–H and O–H groups in total. The van der Waals surface area contributed by atoms with Gasteiger partial charge in [0.25, 0.3) is 5.91 Å². The molecule has 0 aliphatic carbocycles. The first-order valence-electron chi connectivity index (χ1n) is 10.1. The van der Waals surface area contributed by atoms with Gasteiger partial charge in [-0.3, -0.25) is 9.59 Å². The van der Waals surface area contributed by atoms with E-state index in [1.807, 2.05) is 0 Å². The van der Waals surface area contributed by atoms with Gasteiger partial charge in [0.15, 0.2) is 18.1 Å². The highest BCUT2D eigenvalue weighted by atomic mass is 19.4. The van der Waals surface area contributed by atoms with Crippen LogP contribution in [0.2, 0.25) is 0 Å². The van der Waals surface area contributed by atoms with Crippen molar-refractivity contribution in [2.75, 3.05) is 33.9 Å². The predicted molar refractivity (Wildman–Crippen MR) is 115 cm³/mol. The Morgan fingerprint density at radius 1 is 1.00 bits per heavy atom. The summed E-state index contributed by atoms with van der Waals surface area (Å²) in [6.07, 6.45) is -4.51. The number of hydrogen-bond acceptors (Lipinski definition) is 8. The Hall–Kier alpha value is -4.29. The van der Waals surface area contributed by atoms with Crippen molar-refractivity contribution < 1.29 is 41.5 Å². The first-order chi connectivity index (χ1) is 16.7. The lowest BCUT2D eigenvalue weighted by atomic mass is 10.2. The van der Waals surface area contributed by atoms with E-state index in [2.05, 4.69) is 20.8 Å². The van der Waals surface area contributed by atoms with E-state index >= 15 is 0 Å². The van der Waals surface area contributed by atoms with Gasteiger partial charge in [-0.1, -0.05) is 11.2 Å². The van der Waals surface area contributed by atoms with Gasteiger partial charge in [0.2, 0.25) is 5.82 Å². The molecule has 35 heavy (non-hydrogen) atoms. The van der Waals surface area contributed by atoms with Crippen LogP contribution < -0.4 is 24.8 Å². The first kappa shape index (κ1) is 25.3. The van der Waals surface area contributed by atoms with Crippen LogP contribution in [0.25, 0.3) is 11.4 Å². The van der Waals surface area contributed by atoms with Crippen LogP contribution in [0.5, 0.6) is 17.2 Å². The third kappa shape index (κ3) is 6.85. The molecule has 0 fully saturated rings. The van der Waals surface area contributed by atoms with Crippen LogP contribution in [0.15, 0.2) is 47.0 Å². The van der Waals surface area contributed by atoms with Crippen LogP contribution in [-0.2, 0) is 11.0 Å². The summed E-state index contributed by atoms with van der Waals surface area (Å²) >= 11 is 0. The number of aromatic nitrogens is 2. The lowest BCUT2D eigenvalue weighted by molar-refractivity contribution is -0.137. The van der Waals surface area contributed by atoms with Crippen molar-refractivity contribution in [1.29, 1.82) is 0 Å². The highest BCUT2D eigenvalue weighted by Gasteiger charge is 2.30. The van der Waals surface area contributed by atoms with Crippen LogP contribution in [0.1, 0.15) is 16.2 Å². The number of carbonyl (C=O) groups excluding carboxylic acids is 2. The van der Waals surface area contributed by atoms with Gasteiger partial charge < -0.3 is 29.4 Å². The summed E-state index contributed by atoms with van der Waals surface area (Å²) in [5.74, 6) is -0.479. The summed E-state index contributed by atoms with van der Waals surface area (Å²) in [5, 5.41) is 8.73. The molecule has 1 aromatic heterocycles. The van der Waals surface area contributed by atoms with E-state index in [9.17, 15) is 22.8 Å². The quantitative estimate of drug-likeness (QED) is 0.412. The molecule has 0 saturated heterocycles. The molecule has 3 rings (SSSR count). The van der Waals surface area contributed by atoms with Crippen LogP contribution >= 0.6 is 0 Å². The summed E-state index contributed by atoms with van der Waals surface area (Å²) in [4.78, 5) is 28.1. The Morgan fingerprint density at radius 2 is 1.74 bits per heavy atom. The molecular weight excluding hydrogens is 473 g/mol. The zero-order valence-corrected chi connectivity index (χ0v) is 18.6. The first-order valence-corrected chi connectivity index (χ1v) is 10.1. The Bertz CT molecular complexity index is 1180. The van der Waals surface area contributed by atoms with Crippen molar-refractivity contribution >= 4 is 11.8 Å². The summed E-state index contributed by atoms with van der Waals surface area (Å²) in [6, 6.07) is 9.14. The Labute approximate surface area is 197 Å². The SMILES string of the molecule is COc1ccc(-c2noc(C(=O)NCCNC(=O)COc3cccc(C(F)(F)F)c3)n2)cc1OC. The lowest BCUT2D eigenvalue weighted by Crippen LogP contribution is -2.36. The number of amides is 2. The van der Waals surface area contributed by atoms with Gasteiger partial charge in [-0.2, -0.15) is 18.2 Å². The van der Waals surface area contributed by atoms with Gasteiger partial charge in [0, 0.05) is 18.7 Å². The molecule has 0 spiro atoms. The number of benzene rings is 2. The summed E-state index contributed by atoms with van der Waals surface area (Å²) in [5.41, 5.74) is -0.341. The fourth-order valence-electron chi connectivity index (χ4n) is 2.82. The van der Waals surface area contributed by atoms with Gasteiger partial charge in [-0.25, -0.2) is 0 Å². The van der Waals surface area contributed by atoms with E-state index in [1.54, 1.807) is 18.2 Å².